The normalized spacial score (nSPS) is 10.5. The molecular weight excluding hydrogens is 342 g/mol. The lowest BCUT2D eigenvalue weighted by Gasteiger charge is -2.07. The summed E-state index contributed by atoms with van der Waals surface area (Å²) in [6, 6.07) is 14.3. The van der Waals surface area contributed by atoms with E-state index in [0.717, 1.165) is 5.56 Å². The maximum atomic E-state index is 12.2. The number of amides is 1. The van der Waals surface area contributed by atoms with Gasteiger partial charge in [-0.2, -0.15) is 4.98 Å². The number of carbonyl (C=O) groups is 1. The molecule has 7 heteroatoms. The van der Waals surface area contributed by atoms with E-state index in [4.69, 9.17) is 20.9 Å². The quantitative estimate of drug-likeness (QED) is 0.727. The first-order valence-corrected chi connectivity index (χ1v) is 8.13. The van der Waals surface area contributed by atoms with Crippen LogP contribution in [0.1, 0.15) is 23.2 Å². The molecule has 2 aromatic carbocycles. The Morgan fingerprint density at radius 1 is 1.24 bits per heavy atom. The number of ether oxygens (including phenoxy) is 1. The summed E-state index contributed by atoms with van der Waals surface area (Å²) >= 11 is 6.09. The molecule has 0 fully saturated rings. The molecule has 0 saturated heterocycles. The van der Waals surface area contributed by atoms with Crippen LogP contribution in [0.3, 0.4) is 0 Å². The van der Waals surface area contributed by atoms with Crippen molar-refractivity contribution in [2.24, 2.45) is 0 Å². The van der Waals surface area contributed by atoms with E-state index in [1.54, 1.807) is 18.2 Å². The van der Waals surface area contributed by atoms with Gasteiger partial charge in [-0.25, -0.2) is 0 Å². The summed E-state index contributed by atoms with van der Waals surface area (Å²) in [5.74, 6) is 1.06. The number of nitrogens with zero attached hydrogens (tertiary/aromatic N) is 2. The highest BCUT2D eigenvalue weighted by molar-refractivity contribution is 6.32. The van der Waals surface area contributed by atoms with Crippen LogP contribution >= 0.6 is 11.6 Å². The van der Waals surface area contributed by atoms with Crippen LogP contribution in [-0.4, -0.2) is 22.7 Å². The molecule has 1 heterocycles. The van der Waals surface area contributed by atoms with E-state index in [-0.39, 0.29) is 12.5 Å². The fraction of sp³-hybridized carbons (Fsp3) is 0.167. The summed E-state index contributed by atoms with van der Waals surface area (Å²) in [7, 11) is 0. The first-order chi connectivity index (χ1) is 12.2. The standard InChI is InChI=1S/C18H16ClN3O3/c1-2-24-15-9-8-13(10-14(15)19)18(23)20-11-16-21-17(22-25-16)12-6-4-3-5-7-12/h3-10H,2,11H2,1H3,(H,20,23). The molecule has 0 bridgehead atoms. The Kier molecular flexibility index (Phi) is 5.30. The number of hydrogen-bond acceptors (Lipinski definition) is 5. The molecule has 0 atom stereocenters. The van der Waals surface area contributed by atoms with Gasteiger partial charge in [-0.3, -0.25) is 4.79 Å². The molecule has 0 aliphatic carbocycles. The van der Waals surface area contributed by atoms with E-state index < -0.39 is 0 Å². The van der Waals surface area contributed by atoms with Gasteiger partial charge in [-0.1, -0.05) is 47.1 Å². The number of nitrogens with one attached hydrogen (secondary N) is 1. The van der Waals surface area contributed by atoms with Crippen LogP contribution < -0.4 is 10.1 Å². The van der Waals surface area contributed by atoms with Crippen LogP contribution in [-0.2, 0) is 6.54 Å². The lowest BCUT2D eigenvalue weighted by atomic mass is 10.2. The van der Waals surface area contributed by atoms with E-state index in [1.807, 2.05) is 37.3 Å². The minimum absolute atomic E-state index is 0.128. The summed E-state index contributed by atoms with van der Waals surface area (Å²) in [6.45, 7) is 2.50. The maximum absolute atomic E-state index is 12.2. The van der Waals surface area contributed by atoms with Crippen LogP contribution in [0.4, 0.5) is 0 Å². The third-order valence-corrected chi connectivity index (χ3v) is 3.69. The third-order valence-electron chi connectivity index (χ3n) is 3.39. The molecule has 3 rings (SSSR count). The molecule has 0 radical (unpaired) electrons. The number of benzene rings is 2. The van der Waals surface area contributed by atoms with Gasteiger partial charge in [0.2, 0.25) is 11.7 Å². The van der Waals surface area contributed by atoms with Crippen LogP contribution in [0.5, 0.6) is 5.75 Å². The Balaban J connectivity index is 1.63. The minimum Gasteiger partial charge on any atom is -0.492 e. The van der Waals surface area contributed by atoms with Gasteiger partial charge in [0, 0.05) is 11.1 Å². The Hall–Kier alpha value is -2.86. The van der Waals surface area contributed by atoms with E-state index in [1.165, 1.54) is 0 Å². The van der Waals surface area contributed by atoms with Gasteiger partial charge in [0.25, 0.3) is 5.91 Å². The topological polar surface area (TPSA) is 77.2 Å². The average Bonchev–Trinajstić information content (AvgIpc) is 3.11. The second-order valence-electron chi connectivity index (χ2n) is 5.14. The van der Waals surface area contributed by atoms with Crippen molar-refractivity contribution in [3.63, 3.8) is 0 Å². The van der Waals surface area contributed by atoms with Crippen molar-refractivity contribution in [3.05, 3.63) is 65.0 Å². The summed E-state index contributed by atoms with van der Waals surface area (Å²) in [4.78, 5) is 16.5. The maximum Gasteiger partial charge on any atom is 0.251 e. The molecule has 0 unspecified atom stereocenters. The SMILES string of the molecule is CCOc1ccc(C(=O)NCc2nc(-c3ccccc3)no2)cc1Cl. The lowest BCUT2D eigenvalue weighted by molar-refractivity contribution is 0.0946. The van der Waals surface area contributed by atoms with Crippen molar-refractivity contribution < 1.29 is 14.1 Å². The van der Waals surface area contributed by atoms with Crippen molar-refractivity contribution in [2.75, 3.05) is 6.61 Å². The van der Waals surface area contributed by atoms with Gasteiger partial charge in [-0.15, -0.1) is 0 Å². The zero-order valence-electron chi connectivity index (χ0n) is 13.5. The molecule has 0 aliphatic heterocycles. The molecular formula is C18H16ClN3O3. The first-order valence-electron chi connectivity index (χ1n) is 7.76. The van der Waals surface area contributed by atoms with Crippen LogP contribution in [0.25, 0.3) is 11.4 Å². The molecule has 6 nitrogen and oxygen atoms in total. The second-order valence-corrected chi connectivity index (χ2v) is 5.55. The number of hydrogen-bond donors (Lipinski definition) is 1. The predicted octanol–water partition coefficient (Wildman–Crippen LogP) is 3.72. The average molecular weight is 358 g/mol. The molecule has 0 saturated carbocycles. The van der Waals surface area contributed by atoms with Crippen molar-refractivity contribution in [3.8, 4) is 17.1 Å². The minimum atomic E-state index is -0.288. The zero-order valence-corrected chi connectivity index (χ0v) is 14.3. The molecule has 1 amide bonds. The van der Waals surface area contributed by atoms with Gasteiger partial charge in [0.05, 0.1) is 18.2 Å². The van der Waals surface area contributed by atoms with Gasteiger partial charge >= 0.3 is 0 Å². The van der Waals surface area contributed by atoms with E-state index in [9.17, 15) is 4.79 Å². The summed E-state index contributed by atoms with van der Waals surface area (Å²) < 4.78 is 10.5. The third kappa shape index (κ3) is 4.16. The predicted molar refractivity (Wildman–Crippen MR) is 93.5 cm³/mol. The number of rotatable bonds is 6. The Bertz CT molecular complexity index is 865. The highest BCUT2D eigenvalue weighted by atomic mass is 35.5. The molecule has 3 aromatic rings. The largest absolute Gasteiger partial charge is 0.492 e. The van der Waals surface area contributed by atoms with Gasteiger partial charge in [-0.05, 0) is 25.1 Å². The van der Waals surface area contributed by atoms with Crippen molar-refractivity contribution in [1.82, 2.24) is 15.5 Å². The molecule has 25 heavy (non-hydrogen) atoms. The van der Waals surface area contributed by atoms with Gasteiger partial charge in [0.1, 0.15) is 5.75 Å². The first kappa shape index (κ1) is 17.0. The van der Waals surface area contributed by atoms with Crippen molar-refractivity contribution in [1.29, 1.82) is 0 Å². The van der Waals surface area contributed by atoms with Gasteiger partial charge < -0.3 is 14.6 Å². The summed E-state index contributed by atoms with van der Waals surface area (Å²) in [5.41, 5.74) is 1.28. The monoisotopic (exact) mass is 357 g/mol. The van der Waals surface area contributed by atoms with Crippen LogP contribution in [0.15, 0.2) is 53.1 Å². The van der Waals surface area contributed by atoms with E-state index in [0.29, 0.717) is 34.7 Å². The van der Waals surface area contributed by atoms with Crippen molar-refractivity contribution in [2.45, 2.75) is 13.5 Å². The Labute approximate surface area is 149 Å². The highest BCUT2D eigenvalue weighted by Crippen LogP contribution is 2.25. The molecule has 128 valence electrons. The Morgan fingerprint density at radius 2 is 2.04 bits per heavy atom. The van der Waals surface area contributed by atoms with E-state index >= 15 is 0 Å². The smallest absolute Gasteiger partial charge is 0.251 e. The summed E-state index contributed by atoms with van der Waals surface area (Å²) in [5, 5.41) is 7.02. The fourth-order valence-corrected chi connectivity index (χ4v) is 2.44. The molecule has 1 aromatic heterocycles. The van der Waals surface area contributed by atoms with Crippen LogP contribution in [0, 0.1) is 0 Å². The molecule has 1 N–H and O–H groups in total. The second kappa shape index (κ2) is 7.81. The van der Waals surface area contributed by atoms with E-state index in [2.05, 4.69) is 15.5 Å². The molecule has 0 spiro atoms. The molecule has 0 aliphatic rings. The Morgan fingerprint density at radius 3 is 2.76 bits per heavy atom. The number of aromatic nitrogens is 2. The fourth-order valence-electron chi connectivity index (χ4n) is 2.20. The lowest BCUT2D eigenvalue weighted by Crippen LogP contribution is -2.22. The number of carbonyl (C=O) groups excluding carboxylic acids is 1. The highest BCUT2D eigenvalue weighted by Gasteiger charge is 2.12. The zero-order chi connectivity index (χ0) is 17.6. The summed E-state index contributed by atoms with van der Waals surface area (Å²) in [6.07, 6.45) is 0. The van der Waals surface area contributed by atoms with Crippen LogP contribution in [0.2, 0.25) is 5.02 Å². The number of halogens is 1. The van der Waals surface area contributed by atoms with Gasteiger partial charge in [0.15, 0.2) is 0 Å². The van der Waals surface area contributed by atoms with Crippen molar-refractivity contribution >= 4 is 17.5 Å².